The predicted octanol–water partition coefficient (Wildman–Crippen LogP) is 0.249. The molecule has 1 saturated heterocycles. The van der Waals surface area contributed by atoms with Crippen LogP contribution in [0.2, 0.25) is 0 Å². The van der Waals surface area contributed by atoms with Crippen LogP contribution in [0.5, 0.6) is 0 Å². The summed E-state index contributed by atoms with van der Waals surface area (Å²) >= 11 is 0. The van der Waals surface area contributed by atoms with Gasteiger partial charge in [-0.1, -0.05) is 13.8 Å². The minimum absolute atomic E-state index is 0.161. The number of rotatable bonds is 0. The Balaban J connectivity index is 0.000000171. The summed E-state index contributed by atoms with van der Waals surface area (Å²) in [7, 11) is 0. The Labute approximate surface area is 102 Å². The summed E-state index contributed by atoms with van der Waals surface area (Å²) in [6.45, 7) is 4.95. The van der Waals surface area contributed by atoms with E-state index in [9.17, 15) is 0 Å². The van der Waals surface area contributed by atoms with Gasteiger partial charge in [-0.05, 0) is 6.08 Å². The maximum atomic E-state index is 9.11. The molecule has 0 aromatic rings. The zero-order valence-electron chi connectivity index (χ0n) is 10.3. The van der Waals surface area contributed by atoms with Crippen LogP contribution in [0.1, 0.15) is 20.3 Å². The molecule has 0 aromatic carbocycles. The maximum Gasteiger partial charge on any atom is 0.157 e. The lowest BCUT2D eigenvalue weighted by molar-refractivity contribution is -0.172. The molecule has 5 nitrogen and oxygen atoms in total. The standard InChI is InChI=1S/C6H12O3.C6H10O2/c1-4-3-9-6(8)2-5(4)7;1-5-4-8-3-2-6(5)7/h4-8H,2-3H2,1H3;2-3,5-7H,4H2,1H3/t4-,5?,6?;5-,6?/m00/s1. The van der Waals surface area contributed by atoms with E-state index >= 15 is 0 Å². The molecule has 0 aromatic heterocycles. The molecular weight excluding hydrogens is 224 g/mol. The molecule has 17 heavy (non-hydrogen) atoms. The molecule has 3 unspecified atom stereocenters. The molecule has 0 radical (unpaired) electrons. The fourth-order valence-corrected chi connectivity index (χ4v) is 1.51. The van der Waals surface area contributed by atoms with Crippen LogP contribution in [-0.2, 0) is 9.47 Å². The Morgan fingerprint density at radius 1 is 1.06 bits per heavy atom. The molecule has 0 saturated carbocycles. The molecule has 2 rings (SSSR count). The minimum Gasteiger partial charge on any atom is -0.501 e. The summed E-state index contributed by atoms with van der Waals surface area (Å²) in [4.78, 5) is 0. The molecule has 5 heteroatoms. The zero-order chi connectivity index (χ0) is 12.8. The van der Waals surface area contributed by atoms with Crippen molar-refractivity contribution in [2.24, 2.45) is 11.8 Å². The van der Waals surface area contributed by atoms with Gasteiger partial charge in [0, 0.05) is 18.3 Å². The van der Waals surface area contributed by atoms with Crippen molar-refractivity contribution in [2.75, 3.05) is 13.2 Å². The van der Waals surface area contributed by atoms with Crippen LogP contribution in [0.3, 0.4) is 0 Å². The number of hydrogen-bond donors (Lipinski definition) is 3. The molecule has 2 heterocycles. The van der Waals surface area contributed by atoms with Gasteiger partial charge in [-0.25, -0.2) is 0 Å². The Morgan fingerprint density at radius 2 is 1.76 bits per heavy atom. The molecule has 100 valence electrons. The van der Waals surface area contributed by atoms with Crippen molar-refractivity contribution in [3.8, 4) is 0 Å². The van der Waals surface area contributed by atoms with Crippen molar-refractivity contribution in [3.05, 3.63) is 12.3 Å². The first-order chi connectivity index (χ1) is 8.00. The molecule has 0 amide bonds. The van der Waals surface area contributed by atoms with E-state index in [4.69, 9.17) is 24.8 Å². The fraction of sp³-hybridized carbons (Fsp3) is 0.833. The summed E-state index contributed by atoms with van der Waals surface area (Å²) in [6, 6.07) is 0. The zero-order valence-corrected chi connectivity index (χ0v) is 10.3. The van der Waals surface area contributed by atoms with Crippen molar-refractivity contribution >= 4 is 0 Å². The highest BCUT2D eigenvalue weighted by Gasteiger charge is 2.24. The van der Waals surface area contributed by atoms with Crippen LogP contribution < -0.4 is 0 Å². The quantitative estimate of drug-likeness (QED) is 0.571. The van der Waals surface area contributed by atoms with E-state index in [0.717, 1.165) is 0 Å². The second kappa shape index (κ2) is 6.96. The van der Waals surface area contributed by atoms with Gasteiger partial charge in [0.25, 0.3) is 0 Å². The van der Waals surface area contributed by atoms with E-state index < -0.39 is 12.4 Å². The Morgan fingerprint density at radius 3 is 2.18 bits per heavy atom. The second-order valence-electron chi connectivity index (χ2n) is 4.70. The lowest BCUT2D eigenvalue weighted by Crippen LogP contribution is -2.35. The first-order valence-electron chi connectivity index (χ1n) is 5.94. The molecule has 3 N–H and O–H groups in total. The Kier molecular flexibility index (Phi) is 5.91. The van der Waals surface area contributed by atoms with E-state index in [1.165, 1.54) is 0 Å². The molecule has 0 bridgehead atoms. The second-order valence-corrected chi connectivity index (χ2v) is 4.70. The number of ether oxygens (including phenoxy) is 2. The number of aliphatic hydroxyl groups excluding tert-OH is 3. The smallest absolute Gasteiger partial charge is 0.157 e. The van der Waals surface area contributed by atoms with E-state index in [1.54, 1.807) is 12.3 Å². The van der Waals surface area contributed by atoms with E-state index in [-0.39, 0.29) is 17.9 Å². The van der Waals surface area contributed by atoms with Crippen LogP contribution in [-0.4, -0.2) is 47.0 Å². The van der Waals surface area contributed by atoms with E-state index in [0.29, 0.717) is 19.6 Å². The highest BCUT2D eigenvalue weighted by Crippen LogP contribution is 2.16. The van der Waals surface area contributed by atoms with Gasteiger partial charge in [-0.3, -0.25) is 0 Å². The average Bonchev–Trinajstić information content (AvgIpc) is 2.29. The van der Waals surface area contributed by atoms with Crippen molar-refractivity contribution in [2.45, 2.75) is 38.8 Å². The van der Waals surface area contributed by atoms with Gasteiger partial charge < -0.3 is 24.8 Å². The minimum atomic E-state index is -0.754. The first kappa shape index (κ1) is 14.4. The van der Waals surface area contributed by atoms with Crippen LogP contribution in [0, 0.1) is 11.8 Å². The third-order valence-corrected chi connectivity index (χ3v) is 2.97. The monoisotopic (exact) mass is 246 g/mol. The van der Waals surface area contributed by atoms with Gasteiger partial charge in [0.05, 0.1) is 31.7 Å². The van der Waals surface area contributed by atoms with Crippen LogP contribution in [0.4, 0.5) is 0 Å². The molecule has 0 aliphatic carbocycles. The number of hydrogen-bond acceptors (Lipinski definition) is 5. The van der Waals surface area contributed by atoms with Crippen molar-refractivity contribution in [1.82, 2.24) is 0 Å². The highest BCUT2D eigenvalue weighted by molar-refractivity contribution is 4.89. The van der Waals surface area contributed by atoms with Gasteiger partial charge in [0.15, 0.2) is 6.29 Å². The van der Waals surface area contributed by atoms with Gasteiger partial charge >= 0.3 is 0 Å². The van der Waals surface area contributed by atoms with Crippen molar-refractivity contribution in [3.63, 3.8) is 0 Å². The summed E-state index contributed by atoms with van der Waals surface area (Å²) in [6.07, 6.45) is 2.11. The lowest BCUT2D eigenvalue weighted by Gasteiger charge is -2.27. The van der Waals surface area contributed by atoms with Crippen LogP contribution in [0.15, 0.2) is 12.3 Å². The lowest BCUT2D eigenvalue weighted by atomic mass is 10.0. The third kappa shape index (κ3) is 5.04. The SMILES string of the molecule is C[C@H]1COC(O)CC1O.C[C@H]1COC=CC1O. The van der Waals surface area contributed by atoms with Gasteiger partial charge in [0.2, 0.25) is 0 Å². The van der Waals surface area contributed by atoms with Gasteiger partial charge in [0.1, 0.15) is 0 Å². The normalized spacial score (nSPS) is 41.1. The van der Waals surface area contributed by atoms with Crippen LogP contribution in [0.25, 0.3) is 0 Å². The van der Waals surface area contributed by atoms with Gasteiger partial charge in [-0.2, -0.15) is 0 Å². The summed E-state index contributed by atoms with van der Waals surface area (Å²) in [5.41, 5.74) is 0. The molecule has 1 fully saturated rings. The third-order valence-electron chi connectivity index (χ3n) is 2.97. The van der Waals surface area contributed by atoms with Crippen LogP contribution >= 0.6 is 0 Å². The molecule has 0 spiro atoms. The average molecular weight is 246 g/mol. The van der Waals surface area contributed by atoms with E-state index in [2.05, 4.69) is 0 Å². The van der Waals surface area contributed by atoms with E-state index in [1.807, 2.05) is 13.8 Å². The summed E-state index contributed by atoms with van der Waals surface area (Å²) in [5, 5.41) is 26.9. The number of aliphatic hydroxyl groups is 3. The molecule has 5 atom stereocenters. The van der Waals surface area contributed by atoms with Gasteiger partial charge in [-0.15, -0.1) is 0 Å². The first-order valence-corrected chi connectivity index (χ1v) is 5.94. The Hall–Kier alpha value is -0.620. The summed E-state index contributed by atoms with van der Waals surface area (Å²) in [5.74, 6) is 0.411. The maximum absolute atomic E-state index is 9.11. The molecular formula is C12H22O5. The summed E-state index contributed by atoms with van der Waals surface area (Å²) < 4.78 is 9.77. The van der Waals surface area contributed by atoms with Crippen molar-refractivity contribution in [1.29, 1.82) is 0 Å². The molecule has 2 aliphatic rings. The Bertz CT molecular complexity index is 243. The molecule has 2 aliphatic heterocycles. The highest BCUT2D eigenvalue weighted by atomic mass is 16.6. The predicted molar refractivity (Wildman–Crippen MR) is 62.0 cm³/mol. The van der Waals surface area contributed by atoms with Crippen molar-refractivity contribution < 1.29 is 24.8 Å². The topological polar surface area (TPSA) is 79.2 Å². The fourth-order valence-electron chi connectivity index (χ4n) is 1.51. The largest absolute Gasteiger partial charge is 0.501 e.